The molecule has 102 valence electrons. The van der Waals surface area contributed by atoms with Gasteiger partial charge < -0.3 is 10.3 Å². The fraction of sp³-hybridized carbons (Fsp3) is 0.200. The van der Waals surface area contributed by atoms with E-state index in [-0.39, 0.29) is 0 Å². The highest BCUT2D eigenvalue weighted by Gasteiger charge is 2.12. The number of rotatable bonds is 3. The van der Waals surface area contributed by atoms with Crippen LogP contribution < -0.4 is 5.73 Å². The third kappa shape index (κ3) is 2.29. The molecule has 2 heterocycles. The topological polar surface area (TPSA) is 56.7 Å². The van der Waals surface area contributed by atoms with Crippen LogP contribution in [0.1, 0.15) is 13.3 Å². The van der Waals surface area contributed by atoms with Crippen molar-refractivity contribution in [3.63, 3.8) is 0 Å². The van der Waals surface area contributed by atoms with E-state index >= 15 is 0 Å². The molecule has 5 heteroatoms. The van der Waals surface area contributed by atoms with E-state index < -0.39 is 0 Å². The van der Waals surface area contributed by atoms with Crippen molar-refractivity contribution in [2.24, 2.45) is 0 Å². The highest BCUT2D eigenvalue weighted by atomic mass is 79.9. The maximum Gasteiger partial charge on any atom is 0.142 e. The Hall–Kier alpha value is -1.88. The second kappa shape index (κ2) is 5.25. The van der Waals surface area contributed by atoms with E-state index in [1.165, 1.54) is 0 Å². The predicted octanol–water partition coefficient (Wildman–Crippen LogP) is 3.85. The summed E-state index contributed by atoms with van der Waals surface area (Å²) in [4.78, 5) is 8.90. The molecule has 0 bridgehead atoms. The lowest BCUT2D eigenvalue weighted by atomic mass is 10.2. The number of hydrogen-bond donors (Lipinski definition) is 1. The number of nitrogens with two attached hydrogens (primary N) is 1. The van der Waals surface area contributed by atoms with Gasteiger partial charge in [-0.2, -0.15) is 0 Å². The van der Waals surface area contributed by atoms with Gasteiger partial charge in [0.25, 0.3) is 0 Å². The summed E-state index contributed by atoms with van der Waals surface area (Å²) in [5, 5.41) is 0. The number of hydrogen-bond acceptors (Lipinski definition) is 3. The summed E-state index contributed by atoms with van der Waals surface area (Å²) in [5.41, 5.74) is 8.76. The van der Waals surface area contributed by atoms with Gasteiger partial charge in [0.1, 0.15) is 11.6 Å². The summed E-state index contributed by atoms with van der Waals surface area (Å²) >= 11 is 3.49. The number of aromatic nitrogens is 3. The van der Waals surface area contributed by atoms with E-state index in [1.807, 2.05) is 18.2 Å². The number of nitrogen functional groups attached to an aromatic ring is 1. The largest absolute Gasteiger partial charge is 0.384 e. The molecule has 0 spiro atoms. The van der Waals surface area contributed by atoms with E-state index in [4.69, 9.17) is 10.7 Å². The van der Waals surface area contributed by atoms with Gasteiger partial charge in [-0.25, -0.2) is 9.97 Å². The fourth-order valence-corrected chi connectivity index (χ4v) is 2.66. The molecule has 0 atom stereocenters. The highest BCUT2D eigenvalue weighted by Crippen LogP contribution is 2.27. The molecule has 2 aromatic heterocycles. The van der Waals surface area contributed by atoms with E-state index in [0.717, 1.165) is 39.9 Å². The van der Waals surface area contributed by atoms with Crippen molar-refractivity contribution in [1.82, 2.24) is 14.5 Å². The molecular weight excluding hydrogens is 316 g/mol. The van der Waals surface area contributed by atoms with Gasteiger partial charge in [-0.1, -0.05) is 22.9 Å². The monoisotopic (exact) mass is 330 g/mol. The minimum absolute atomic E-state index is 0.523. The van der Waals surface area contributed by atoms with Gasteiger partial charge in [0, 0.05) is 22.8 Å². The van der Waals surface area contributed by atoms with Crippen molar-refractivity contribution < 1.29 is 0 Å². The van der Waals surface area contributed by atoms with Crippen LogP contribution in [0.2, 0.25) is 0 Å². The summed E-state index contributed by atoms with van der Waals surface area (Å²) in [7, 11) is 0. The molecule has 0 amide bonds. The standard InChI is InChI=1S/C15H15BrN4/c1-2-7-20-13-5-4-11(16)8-12(13)19-15(20)10-3-6-14(17)18-9-10/h3-6,8-9H,2,7H2,1H3,(H2,17,18). The molecule has 0 aliphatic carbocycles. The first-order chi connectivity index (χ1) is 9.69. The molecule has 2 N–H and O–H groups in total. The molecule has 4 nitrogen and oxygen atoms in total. The van der Waals surface area contributed by atoms with Crippen molar-refractivity contribution in [1.29, 1.82) is 0 Å². The molecule has 0 fully saturated rings. The maximum absolute atomic E-state index is 5.65. The number of nitrogens with zero attached hydrogens (tertiary/aromatic N) is 3. The van der Waals surface area contributed by atoms with Crippen molar-refractivity contribution >= 4 is 32.8 Å². The Morgan fingerprint density at radius 2 is 2.10 bits per heavy atom. The molecule has 20 heavy (non-hydrogen) atoms. The minimum atomic E-state index is 0.523. The molecule has 0 saturated carbocycles. The van der Waals surface area contributed by atoms with Crippen LogP contribution in [0.15, 0.2) is 41.0 Å². The molecule has 3 aromatic rings. The van der Waals surface area contributed by atoms with Gasteiger partial charge in [-0.3, -0.25) is 0 Å². The molecule has 0 aliphatic rings. The second-order valence-electron chi connectivity index (χ2n) is 4.69. The van der Waals surface area contributed by atoms with Gasteiger partial charge in [0.15, 0.2) is 0 Å². The number of anilines is 1. The summed E-state index contributed by atoms with van der Waals surface area (Å²) in [6.45, 7) is 3.09. The lowest BCUT2D eigenvalue weighted by Gasteiger charge is -2.07. The van der Waals surface area contributed by atoms with Crippen LogP contribution in [0, 0.1) is 0 Å². The third-order valence-electron chi connectivity index (χ3n) is 3.20. The van der Waals surface area contributed by atoms with Crippen LogP contribution in [0.5, 0.6) is 0 Å². The van der Waals surface area contributed by atoms with Crippen molar-refractivity contribution in [2.75, 3.05) is 5.73 Å². The molecule has 0 unspecified atom stereocenters. The Balaban J connectivity index is 2.22. The Kier molecular flexibility index (Phi) is 3.44. The van der Waals surface area contributed by atoms with Gasteiger partial charge in [0.2, 0.25) is 0 Å². The Morgan fingerprint density at radius 3 is 2.80 bits per heavy atom. The summed E-state index contributed by atoms with van der Waals surface area (Å²) in [6, 6.07) is 9.94. The van der Waals surface area contributed by atoms with E-state index in [2.05, 4.69) is 38.5 Å². The summed E-state index contributed by atoms with van der Waals surface area (Å²) in [6.07, 6.45) is 2.83. The van der Waals surface area contributed by atoms with Crippen LogP contribution in [-0.2, 0) is 6.54 Å². The normalized spacial score (nSPS) is 11.1. The van der Waals surface area contributed by atoms with Gasteiger partial charge in [-0.05, 0) is 36.8 Å². The molecular formula is C15H15BrN4. The number of benzene rings is 1. The number of fused-ring (bicyclic) bond motifs is 1. The smallest absolute Gasteiger partial charge is 0.142 e. The average molecular weight is 331 g/mol. The SMILES string of the molecule is CCCn1c(-c2ccc(N)nc2)nc2cc(Br)ccc21. The first-order valence-corrected chi connectivity index (χ1v) is 7.36. The summed E-state index contributed by atoms with van der Waals surface area (Å²) < 4.78 is 3.27. The fourth-order valence-electron chi connectivity index (χ4n) is 2.31. The molecule has 3 rings (SSSR count). The summed E-state index contributed by atoms with van der Waals surface area (Å²) in [5.74, 6) is 1.46. The van der Waals surface area contributed by atoms with Gasteiger partial charge in [0.05, 0.1) is 11.0 Å². The van der Waals surface area contributed by atoms with E-state index in [9.17, 15) is 0 Å². The maximum atomic E-state index is 5.65. The zero-order valence-electron chi connectivity index (χ0n) is 11.2. The Bertz CT molecular complexity index is 746. The number of imidazole rings is 1. The van der Waals surface area contributed by atoms with Crippen LogP contribution in [-0.4, -0.2) is 14.5 Å². The van der Waals surface area contributed by atoms with Crippen LogP contribution >= 0.6 is 15.9 Å². The lowest BCUT2D eigenvalue weighted by Crippen LogP contribution is -2.00. The number of halogens is 1. The van der Waals surface area contributed by atoms with E-state index in [0.29, 0.717) is 5.82 Å². The zero-order valence-corrected chi connectivity index (χ0v) is 12.8. The number of pyridine rings is 1. The molecule has 0 radical (unpaired) electrons. The first kappa shape index (κ1) is 13.1. The Labute approximate surface area is 125 Å². The predicted molar refractivity (Wildman–Crippen MR) is 85.4 cm³/mol. The molecule has 1 aromatic carbocycles. The minimum Gasteiger partial charge on any atom is -0.384 e. The molecule has 0 aliphatic heterocycles. The van der Waals surface area contributed by atoms with Crippen LogP contribution in [0.25, 0.3) is 22.4 Å². The van der Waals surface area contributed by atoms with E-state index in [1.54, 1.807) is 12.3 Å². The Morgan fingerprint density at radius 1 is 1.25 bits per heavy atom. The van der Waals surface area contributed by atoms with Gasteiger partial charge >= 0.3 is 0 Å². The van der Waals surface area contributed by atoms with Crippen molar-refractivity contribution in [3.05, 3.63) is 41.0 Å². The van der Waals surface area contributed by atoms with Gasteiger partial charge in [-0.15, -0.1) is 0 Å². The lowest BCUT2D eigenvalue weighted by molar-refractivity contribution is 0.704. The quantitative estimate of drug-likeness (QED) is 0.793. The second-order valence-corrected chi connectivity index (χ2v) is 5.61. The number of aryl methyl sites for hydroxylation is 1. The first-order valence-electron chi connectivity index (χ1n) is 6.56. The third-order valence-corrected chi connectivity index (χ3v) is 3.70. The zero-order chi connectivity index (χ0) is 14.1. The van der Waals surface area contributed by atoms with Crippen molar-refractivity contribution in [3.8, 4) is 11.4 Å². The molecule has 0 saturated heterocycles. The highest BCUT2D eigenvalue weighted by molar-refractivity contribution is 9.10. The van der Waals surface area contributed by atoms with Crippen LogP contribution in [0.4, 0.5) is 5.82 Å². The van der Waals surface area contributed by atoms with Crippen molar-refractivity contribution in [2.45, 2.75) is 19.9 Å². The average Bonchev–Trinajstić information content (AvgIpc) is 2.78. The van der Waals surface area contributed by atoms with Crippen LogP contribution in [0.3, 0.4) is 0 Å².